The Morgan fingerprint density at radius 2 is 2.10 bits per heavy atom. The Morgan fingerprint density at radius 1 is 1.45 bits per heavy atom. The van der Waals surface area contributed by atoms with Crippen molar-refractivity contribution >= 4 is 11.6 Å². The maximum absolute atomic E-state index is 13.7. The van der Waals surface area contributed by atoms with Crippen LogP contribution in [0.2, 0.25) is 0 Å². The van der Waals surface area contributed by atoms with Crippen molar-refractivity contribution in [3.05, 3.63) is 39.4 Å². The number of hydrogen-bond donors (Lipinski definition) is 0. The van der Waals surface area contributed by atoms with Gasteiger partial charge in [-0.1, -0.05) is 12.8 Å². The molecule has 0 N–H and O–H groups in total. The molecule has 0 aromatic heterocycles. The zero-order valence-corrected chi connectivity index (χ0v) is 10.7. The van der Waals surface area contributed by atoms with Gasteiger partial charge in [-0.15, -0.1) is 6.42 Å². The number of nitrogens with zero attached hydrogens (tertiary/aromatic N) is 2. The van der Waals surface area contributed by atoms with Crippen LogP contribution in [-0.4, -0.2) is 28.8 Å². The molecule has 0 radical (unpaired) electrons. The number of nitro groups is 1. The van der Waals surface area contributed by atoms with Gasteiger partial charge in [-0.25, -0.2) is 4.39 Å². The first kappa shape index (κ1) is 15.6. The molecule has 0 unspecified atom stereocenters. The van der Waals surface area contributed by atoms with Crippen LogP contribution >= 0.6 is 0 Å². The van der Waals surface area contributed by atoms with E-state index in [0.29, 0.717) is 18.6 Å². The highest BCUT2D eigenvalue weighted by Crippen LogP contribution is 2.22. The summed E-state index contributed by atoms with van der Waals surface area (Å²) >= 11 is 0. The largest absolute Gasteiger partial charge is 0.327 e. The number of carbonyl (C=O) groups excluding carboxylic acids is 1. The lowest BCUT2D eigenvalue weighted by Crippen LogP contribution is -2.32. The van der Waals surface area contributed by atoms with E-state index in [9.17, 15) is 23.7 Å². The van der Waals surface area contributed by atoms with Crippen LogP contribution in [0.15, 0.2) is 12.1 Å². The van der Waals surface area contributed by atoms with Crippen LogP contribution in [0, 0.1) is 34.1 Å². The first-order valence-electron chi connectivity index (χ1n) is 5.78. The van der Waals surface area contributed by atoms with Crippen molar-refractivity contribution in [3.63, 3.8) is 0 Å². The minimum Gasteiger partial charge on any atom is -0.327 e. The molecular weight excluding hydrogens is 270 g/mol. The van der Waals surface area contributed by atoms with Gasteiger partial charge in [0.15, 0.2) is 0 Å². The van der Waals surface area contributed by atoms with E-state index in [-0.39, 0.29) is 13.1 Å². The zero-order chi connectivity index (χ0) is 15.3. The summed E-state index contributed by atoms with van der Waals surface area (Å²) in [5.74, 6) is -0.966. The normalized spacial score (nSPS) is 9.90. The van der Waals surface area contributed by atoms with Crippen molar-refractivity contribution < 1.29 is 18.5 Å². The van der Waals surface area contributed by atoms with Gasteiger partial charge >= 0.3 is 5.69 Å². The second-order valence-corrected chi connectivity index (χ2v) is 3.97. The number of benzene rings is 1. The van der Waals surface area contributed by atoms with E-state index in [4.69, 9.17) is 6.42 Å². The standard InChI is InChI=1S/C13H12F2N2O3/c1-3-5-16(6-4-2)13(18)9-7-11(15)12(17(19)20)8-10(9)14/h1,7-8H,4-6H2,2H3. The minimum absolute atomic E-state index is 0.0509. The fourth-order valence-electron chi connectivity index (χ4n) is 1.64. The molecule has 0 aliphatic carbocycles. The van der Waals surface area contributed by atoms with Crippen LogP contribution in [0.5, 0.6) is 0 Å². The van der Waals surface area contributed by atoms with Crippen molar-refractivity contribution in [2.45, 2.75) is 13.3 Å². The van der Waals surface area contributed by atoms with Crippen LogP contribution < -0.4 is 0 Å². The van der Waals surface area contributed by atoms with E-state index in [2.05, 4.69) is 5.92 Å². The van der Waals surface area contributed by atoms with Crippen molar-refractivity contribution in [1.29, 1.82) is 0 Å². The summed E-state index contributed by atoms with van der Waals surface area (Å²) in [5.41, 5.74) is -1.59. The summed E-state index contributed by atoms with van der Waals surface area (Å²) in [4.78, 5) is 22.6. The number of terminal acetylenes is 1. The zero-order valence-electron chi connectivity index (χ0n) is 10.7. The predicted octanol–water partition coefficient (Wildman–Crippen LogP) is 2.36. The molecular formula is C13H12F2N2O3. The van der Waals surface area contributed by atoms with Gasteiger partial charge in [0.05, 0.1) is 23.1 Å². The number of halogens is 2. The second kappa shape index (κ2) is 6.61. The Morgan fingerprint density at radius 3 is 2.60 bits per heavy atom. The molecule has 0 heterocycles. The average molecular weight is 282 g/mol. The third-order valence-corrected chi connectivity index (χ3v) is 2.53. The highest BCUT2D eigenvalue weighted by atomic mass is 19.1. The Balaban J connectivity index is 3.19. The highest BCUT2D eigenvalue weighted by molar-refractivity contribution is 5.95. The molecule has 7 heteroatoms. The van der Waals surface area contributed by atoms with E-state index in [0.717, 1.165) is 0 Å². The molecule has 0 bridgehead atoms. The molecule has 5 nitrogen and oxygen atoms in total. The fraction of sp³-hybridized carbons (Fsp3) is 0.308. The van der Waals surface area contributed by atoms with Crippen LogP contribution in [-0.2, 0) is 0 Å². The number of nitro benzene ring substituents is 1. The number of hydrogen-bond acceptors (Lipinski definition) is 3. The molecule has 20 heavy (non-hydrogen) atoms. The maximum Gasteiger partial charge on any atom is 0.307 e. The summed E-state index contributed by atoms with van der Waals surface area (Å²) in [6, 6.07) is 0.914. The monoisotopic (exact) mass is 282 g/mol. The van der Waals surface area contributed by atoms with E-state index in [1.807, 2.05) is 0 Å². The average Bonchev–Trinajstić information content (AvgIpc) is 2.39. The van der Waals surface area contributed by atoms with Crippen LogP contribution in [0.1, 0.15) is 23.7 Å². The summed E-state index contributed by atoms with van der Waals surface area (Å²) < 4.78 is 27.2. The van der Waals surface area contributed by atoms with Crippen LogP contribution in [0.4, 0.5) is 14.5 Å². The summed E-state index contributed by atoms with van der Waals surface area (Å²) in [6.07, 6.45) is 5.69. The molecule has 0 saturated heterocycles. The second-order valence-electron chi connectivity index (χ2n) is 3.97. The molecule has 0 saturated carbocycles. The van der Waals surface area contributed by atoms with Gasteiger partial charge < -0.3 is 4.90 Å². The molecule has 1 aromatic rings. The predicted molar refractivity (Wildman–Crippen MR) is 68.0 cm³/mol. The Kier molecular flexibility index (Phi) is 5.15. The van der Waals surface area contributed by atoms with E-state index in [1.54, 1.807) is 6.92 Å². The van der Waals surface area contributed by atoms with Gasteiger partial charge in [-0.3, -0.25) is 14.9 Å². The number of rotatable bonds is 5. The Labute approximate surface area is 114 Å². The van der Waals surface area contributed by atoms with Crippen molar-refractivity contribution in [2.24, 2.45) is 0 Å². The summed E-state index contributed by atoms with van der Waals surface area (Å²) in [7, 11) is 0. The quantitative estimate of drug-likeness (QED) is 0.473. The first-order chi connectivity index (χ1) is 9.42. The van der Waals surface area contributed by atoms with Gasteiger partial charge in [-0.05, 0) is 12.5 Å². The highest BCUT2D eigenvalue weighted by Gasteiger charge is 2.24. The molecule has 1 rings (SSSR count). The van der Waals surface area contributed by atoms with Gasteiger partial charge in [0.1, 0.15) is 5.82 Å². The lowest BCUT2D eigenvalue weighted by molar-refractivity contribution is -0.387. The topological polar surface area (TPSA) is 63.5 Å². The number of carbonyl (C=O) groups is 1. The SMILES string of the molecule is C#CCN(CCC)C(=O)c1cc(F)c([N+](=O)[O-])cc1F. The fourth-order valence-corrected chi connectivity index (χ4v) is 1.64. The van der Waals surface area contributed by atoms with Gasteiger partial charge in [0.2, 0.25) is 5.82 Å². The molecule has 0 fully saturated rings. The molecule has 0 aliphatic heterocycles. The van der Waals surface area contributed by atoms with Crippen molar-refractivity contribution in [3.8, 4) is 12.3 Å². The van der Waals surface area contributed by atoms with Crippen LogP contribution in [0.3, 0.4) is 0 Å². The minimum atomic E-state index is -1.27. The van der Waals surface area contributed by atoms with Gasteiger partial charge in [0.25, 0.3) is 5.91 Å². The smallest absolute Gasteiger partial charge is 0.307 e. The lowest BCUT2D eigenvalue weighted by Gasteiger charge is -2.19. The molecule has 0 spiro atoms. The molecule has 0 aliphatic rings. The molecule has 106 valence electrons. The van der Waals surface area contributed by atoms with Gasteiger partial charge in [-0.2, -0.15) is 4.39 Å². The van der Waals surface area contributed by atoms with Crippen molar-refractivity contribution in [1.82, 2.24) is 4.90 Å². The first-order valence-corrected chi connectivity index (χ1v) is 5.78. The maximum atomic E-state index is 13.7. The summed E-state index contributed by atoms with van der Waals surface area (Å²) in [5, 5.41) is 10.5. The molecule has 1 amide bonds. The Hall–Kier alpha value is -2.49. The lowest BCUT2D eigenvalue weighted by atomic mass is 10.1. The molecule has 1 aromatic carbocycles. The number of amides is 1. The van der Waals surface area contributed by atoms with E-state index >= 15 is 0 Å². The third-order valence-electron chi connectivity index (χ3n) is 2.53. The van der Waals surface area contributed by atoms with Crippen LogP contribution in [0.25, 0.3) is 0 Å². The van der Waals surface area contributed by atoms with Crippen molar-refractivity contribution in [2.75, 3.05) is 13.1 Å². The van der Waals surface area contributed by atoms with E-state index in [1.165, 1.54) is 4.90 Å². The molecule has 0 atom stereocenters. The summed E-state index contributed by atoms with van der Waals surface area (Å²) in [6.45, 7) is 2.02. The third kappa shape index (κ3) is 3.29. The van der Waals surface area contributed by atoms with E-state index < -0.39 is 33.7 Å². The van der Waals surface area contributed by atoms with Gasteiger partial charge in [0, 0.05) is 6.54 Å². The Bertz CT molecular complexity index is 582.